The van der Waals surface area contributed by atoms with Gasteiger partial charge >= 0.3 is 29.2 Å². The van der Waals surface area contributed by atoms with Gasteiger partial charge in [0.25, 0.3) is 11.2 Å². The van der Waals surface area contributed by atoms with E-state index in [1.165, 1.54) is 18.2 Å². The van der Waals surface area contributed by atoms with Gasteiger partial charge in [0, 0.05) is 24.2 Å². The standard InChI is InChI=1S/C23H31N4O17P3/c1-13(2)11-40-21(15-6-5-14(4-3-7-24)8-17(15)27(31)32)16-10-26(23(30)25-22(16)29)20-9-18(28)19(42-20)12-41-46(36,37)44-47(38,39)43-45(33,34)35/h5-6,8,10,13,18-21,28H,7,9,11-12,24H2,1-2H3,(H,36,37)(H,38,39)(H,25,29,30)(H2,33,34,35)/t18-,19+,20+,21?/m0/s1. The first-order valence-electron chi connectivity index (χ1n) is 13.3. The summed E-state index contributed by atoms with van der Waals surface area (Å²) in [6.45, 7) is 2.59. The summed E-state index contributed by atoms with van der Waals surface area (Å²) in [5, 5.41) is 22.5. The van der Waals surface area contributed by atoms with Crippen molar-refractivity contribution < 1.29 is 65.9 Å². The number of ether oxygens (including phenoxy) is 2. The number of hydrogen-bond donors (Lipinski definition) is 7. The second-order valence-electron chi connectivity index (χ2n) is 10.2. The largest absolute Gasteiger partial charge is 0.490 e. The van der Waals surface area contributed by atoms with E-state index in [4.69, 9.17) is 25.0 Å². The van der Waals surface area contributed by atoms with Crippen LogP contribution in [0.15, 0.2) is 34.0 Å². The Hall–Kier alpha value is -2.89. The highest BCUT2D eigenvalue weighted by Gasteiger charge is 2.43. The molecule has 2 heterocycles. The summed E-state index contributed by atoms with van der Waals surface area (Å²) >= 11 is 0. The lowest BCUT2D eigenvalue weighted by atomic mass is 9.99. The highest BCUT2D eigenvalue weighted by Crippen LogP contribution is 2.66. The van der Waals surface area contributed by atoms with Gasteiger partial charge in [-0.3, -0.25) is 29.0 Å². The van der Waals surface area contributed by atoms with Crippen LogP contribution < -0.4 is 17.0 Å². The Labute approximate surface area is 264 Å². The van der Waals surface area contributed by atoms with E-state index < -0.39 is 76.5 Å². The minimum Gasteiger partial charge on any atom is -0.390 e. The van der Waals surface area contributed by atoms with Gasteiger partial charge in [-0.05, 0) is 18.1 Å². The molecule has 3 rings (SSSR count). The van der Waals surface area contributed by atoms with E-state index in [2.05, 4.69) is 30.0 Å². The molecule has 1 aromatic carbocycles. The molecule has 0 aliphatic carbocycles. The van der Waals surface area contributed by atoms with Crippen molar-refractivity contribution in [3.63, 3.8) is 0 Å². The number of aliphatic hydroxyl groups excluding tert-OH is 1. The molecule has 1 aromatic heterocycles. The predicted octanol–water partition coefficient (Wildman–Crippen LogP) is 0.509. The molecule has 1 aliphatic heterocycles. The first-order chi connectivity index (χ1) is 21.7. The zero-order chi connectivity index (χ0) is 35.3. The number of aromatic amines is 1. The minimum atomic E-state index is -5.80. The zero-order valence-corrected chi connectivity index (χ0v) is 27.2. The number of phosphoric acid groups is 3. The van der Waals surface area contributed by atoms with Crippen LogP contribution >= 0.6 is 23.5 Å². The lowest BCUT2D eigenvalue weighted by Gasteiger charge is -2.22. The summed E-state index contributed by atoms with van der Waals surface area (Å²) < 4.78 is 58.5. The number of nitrogens with one attached hydrogen (secondary N) is 1. The molecule has 1 aliphatic rings. The molecule has 0 spiro atoms. The SMILES string of the molecule is CC(C)COC(c1ccc(C#CCN)cc1[N+](=O)[O-])c1cn([C@H]2C[C@H](O)[C@@H](COP(=O)(O)OP(=O)(O)OP(=O)(O)O)O2)c(=O)[nH]c1=O. The number of nitrogens with two attached hydrogens (primary N) is 1. The molecule has 0 bridgehead atoms. The number of nitro benzene ring substituents is 1. The molecule has 2 aromatic rings. The summed E-state index contributed by atoms with van der Waals surface area (Å²) in [4.78, 5) is 75.6. The van der Waals surface area contributed by atoms with Crippen molar-refractivity contribution in [2.75, 3.05) is 19.8 Å². The molecule has 0 radical (unpaired) electrons. The van der Waals surface area contributed by atoms with Gasteiger partial charge in [0.1, 0.15) is 18.4 Å². The molecule has 1 fully saturated rings. The monoisotopic (exact) mass is 728 g/mol. The Morgan fingerprint density at radius 3 is 2.43 bits per heavy atom. The average Bonchev–Trinajstić information content (AvgIpc) is 3.29. The number of hydrogen-bond acceptors (Lipinski definition) is 14. The summed E-state index contributed by atoms with van der Waals surface area (Å²) in [6.07, 6.45) is -5.12. The van der Waals surface area contributed by atoms with Crippen molar-refractivity contribution >= 4 is 29.2 Å². The Morgan fingerprint density at radius 2 is 1.83 bits per heavy atom. The van der Waals surface area contributed by atoms with Gasteiger partial charge in [-0.15, -0.1) is 0 Å². The smallest absolute Gasteiger partial charge is 0.390 e. The third kappa shape index (κ3) is 11.1. The van der Waals surface area contributed by atoms with Crippen LogP contribution in [0.25, 0.3) is 0 Å². The number of nitrogens with zero attached hydrogens (tertiary/aromatic N) is 2. The van der Waals surface area contributed by atoms with Gasteiger partial charge in [-0.1, -0.05) is 25.7 Å². The van der Waals surface area contributed by atoms with E-state index in [0.29, 0.717) is 0 Å². The van der Waals surface area contributed by atoms with E-state index in [1.54, 1.807) is 13.8 Å². The third-order valence-electron chi connectivity index (χ3n) is 6.05. The fourth-order valence-electron chi connectivity index (χ4n) is 4.20. The third-order valence-corrected chi connectivity index (χ3v) is 9.85. The lowest BCUT2D eigenvalue weighted by Crippen LogP contribution is -2.36. The minimum absolute atomic E-state index is 0.00366. The van der Waals surface area contributed by atoms with E-state index in [9.17, 15) is 48.3 Å². The van der Waals surface area contributed by atoms with Gasteiger partial charge < -0.3 is 39.9 Å². The molecule has 24 heteroatoms. The van der Waals surface area contributed by atoms with Crippen molar-refractivity contribution in [2.45, 2.75) is 44.8 Å². The molecular formula is C23H31N4O17P3. The molecule has 1 saturated heterocycles. The number of nitro groups is 1. The number of H-pyrrole nitrogens is 1. The van der Waals surface area contributed by atoms with Crippen LogP contribution in [0.3, 0.4) is 0 Å². The summed E-state index contributed by atoms with van der Waals surface area (Å²) in [6, 6.07) is 3.97. The van der Waals surface area contributed by atoms with Crippen molar-refractivity contribution in [1.29, 1.82) is 0 Å². The highest BCUT2D eigenvalue weighted by atomic mass is 31.3. The van der Waals surface area contributed by atoms with Gasteiger partial charge in [0.15, 0.2) is 0 Å². The lowest BCUT2D eigenvalue weighted by molar-refractivity contribution is -0.386. The fourth-order valence-corrected chi connectivity index (χ4v) is 7.23. The molecule has 260 valence electrons. The molecular weight excluding hydrogens is 697 g/mol. The predicted molar refractivity (Wildman–Crippen MR) is 157 cm³/mol. The maximum Gasteiger partial charge on any atom is 0.490 e. The topological polar surface area (TPSA) is 323 Å². The van der Waals surface area contributed by atoms with Crippen molar-refractivity contribution in [2.24, 2.45) is 11.7 Å². The van der Waals surface area contributed by atoms with Crippen LogP contribution in [0.2, 0.25) is 0 Å². The van der Waals surface area contributed by atoms with E-state index >= 15 is 0 Å². The molecule has 3 unspecified atom stereocenters. The van der Waals surface area contributed by atoms with Crippen LogP contribution in [0.5, 0.6) is 0 Å². The summed E-state index contributed by atoms with van der Waals surface area (Å²) in [7, 11) is -17.0. The molecule has 8 N–H and O–H groups in total. The molecule has 0 saturated carbocycles. The summed E-state index contributed by atoms with van der Waals surface area (Å²) in [5.41, 5.74) is 2.90. The quantitative estimate of drug-likeness (QED) is 0.0603. The van der Waals surface area contributed by atoms with Crippen LogP contribution in [0, 0.1) is 27.9 Å². The van der Waals surface area contributed by atoms with Crippen LogP contribution in [-0.2, 0) is 36.3 Å². The van der Waals surface area contributed by atoms with E-state index in [-0.39, 0.29) is 42.2 Å². The average molecular weight is 728 g/mol. The van der Waals surface area contributed by atoms with Gasteiger partial charge in [0.2, 0.25) is 0 Å². The Bertz CT molecular complexity index is 1790. The van der Waals surface area contributed by atoms with Crippen molar-refractivity contribution in [1.82, 2.24) is 9.55 Å². The highest BCUT2D eigenvalue weighted by molar-refractivity contribution is 7.66. The van der Waals surface area contributed by atoms with Gasteiger partial charge in [0.05, 0.1) is 41.9 Å². The molecule has 47 heavy (non-hydrogen) atoms. The zero-order valence-electron chi connectivity index (χ0n) is 24.5. The first kappa shape index (κ1) is 38.6. The Balaban J connectivity index is 1.93. The maximum absolute atomic E-state index is 13.1. The van der Waals surface area contributed by atoms with E-state index in [0.717, 1.165) is 10.8 Å². The number of benzene rings is 1. The first-order valence-corrected chi connectivity index (χ1v) is 17.8. The van der Waals surface area contributed by atoms with Crippen LogP contribution in [-0.4, -0.2) is 71.1 Å². The van der Waals surface area contributed by atoms with Gasteiger partial charge in [-0.25, -0.2) is 18.5 Å². The Morgan fingerprint density at radius 1 is 1.15 bits per heavy atom. The second kappa shape index (κ2) is 15.6. The number of aliphatic hydroxyl groups is 1. The number of aromatic nitrogens is 2. The Kier molecular flexibility index (Phi) is 12.8. The molecule has 0 amide bonds. The van der Waals surface area contributed by atoms with Crippen molar-refractivity contribution in [3.8, 4) is 11.8 Å². The molecule has 6 atom stereocenters. The fraction of sp³-hybridized carbons (Fsp3) is 0.478. The van der Waals surface area contributed by atoms with Crippen molar-refractivity contribution in [3.05, 3.63) is 72.0 Å². The van der Waals surface area contributed by atoms with Gasteiger partial charge in [-0.2, -0.15) is 8.62 Å². The van der Waals surface area contributed by atoms with E-state index in [1.807, 2.05) is 0 Å². The summed E-state index contributed by atoms with van der Waals surface area (Å²) in [5.74, 6) is 5.16. The second-order valence-corrected chi connectivity index (χ2v) is 14.6. The number of phosphoric ester groups is 1. The maximum atomic E-state index is 13.1. The van der Waals surface area contributed by atoms with Crippen LogP contribution in [0.4, 0.5) is 5.69 Å². The molecule has 21 nitrogen and oxygen atoms in total. The normalized spacial score (nSPS) is 21.4. The van der Waals surface area contributed by atoms with Crippen LogP contribution in [0.1, 0.15) is 49.3 Å². The number of rotatable bonds is 14.